The summed E-state index contributed by atoms with van der Waals surface area (Å²) < 4.78 is 71.3. The van der Waals surface area contributed by atoms with Crippen LogP contribution in [-0.2, 0) is 71.2 Å². The Labute approximate surface area is 639 Å². The Morgan fingerprint density at radius 1 is 0.376 bits per heavy atom. The Hall–Kier alpha value is -3.01. The van der Waals surface area contributed by atoms with Crippen LogP contribution in [0, 0.1) is 0 Å². The number of rotatable bonds is 49. The molecule has 6 aliphatic heterocycles. The lowest BCUT2D eigenvalue weighted by Gasteiger charge is -2.51. The van der Waals surface area contributed by atoms with Gasteiger partial charge >= 0.3 is 0 Å². The second-order valence-corrected chi connectivity index (χ2v) is 29.9. The van der Waals surface area contributed by atoms with Crippen LogP contribution in [0.25, 0.3) is 0 Å². The molecule has 35 nitrogen and oxygen atoms in total. The summed E-state index contributed by atoms with van der Waals surface area (Å²) in [7, 11) is 0. The molecular weight excluding hydrogens is 1440 g/mol. The van der Waals surface area contributed by atoms with E-state index >= 15 is 0 Å². The third-order valence-electron chi connectivity index (χ3n) is 21.2. The maximum Gasteiger partial charge on any atom is 0.220 e. The van der Waals surface area contributed by atoms with Gasteiger partial charge in [0.1, 0.15) is 140 Å². The van der Waals surface area contributed by atoms with Crippen molar-refractivity contribution in [2.45, 2.75) is 398 Å². The SMILES string of the molecule is CCCCCCCCCCCCC/C=C/[C@@H](O)[C@H](CO[C@@H]1OC(CO)[C@@H](O[C@@H]2OC(CO)[C@H](O[C@@H]3OC(CO)[C@H](O)[C@H](O[C@@H]4OC(CO)[C@H](O)[C@H](O[C@@H]5OC(CO)[C@@H](O)[C@H](O[C@H]6OC(C)[C@@H](O)C(O)[C@@H]6O)C5NC(C)=O)C4O)C3NC(C)=O)[C@H](O)C2O)[C@H](O)C1O)NC(=O)CCCCCCCCCCCCCCC. The molecule has 6 rings (SSSR count). The van der Waals surface area contributed by atoms with Gasteiger partial charge < -0.3 is 160 Å². The third-order valence-corrected chi connectivity index (χ3v) is 21.2. The first-order chi connectivity index (χ1) is 52.3. The van der Waals surface area contributed by atoms with E-state index in [9.17, 15) is 101 Å². The summed E-state index contributed by atoms with van der Waals surface area (Å²) in [5.41, 5.74) is 0. The predicted molar refractivity (Wildman–Crippen MR) is 383 cm³/mol. The summed E-state index contributed by atoms with van der Waals surface area (Å²) in [6.45, 7) is 2.37. The van der Waals surface area contributed by atoms with Gasteiger partial charge in [-0.25, -0.2) is 0 Å². The quantitative estimate of drug-likeness (QED) is 0.0227. The summed E-state index contributed by atoms with van der Waals surface area (Å²) in [4.78, 5) is 39.3. The van der Waals surface area contributed by atoms with Crippen LogP contribution in [0.15, 0.2) is 12.2 Å². The fraction of sp³-hybridized carbons (Fsp3) is 0.932. The lowest BCUT2D eigenvalue weighted by Crippen LogP contribution is -2.71. The van der Waals surface area contributed by atoms with Gasteiger partial charge in [0.15, 0.2) is 37.7 Å². The summed E-state index contributed by atoms with van der Waals surface area (Å²) in [5, 5.41) is 198. The first kappa shape index (κ1) is 94.8. The van der Waals surface area contributed by atoms with Crippen molar-refractivity contribution >= 4 is 17.7 Å². The van der Waals surface area contributed by atoms with Gasteiger partial charge in [0, 0.05) is 20.3 Å². The number of ether oxygens (including phenoxy) is 12. The molecule has 32 atom stereocenters. The van der Waals surface area contributed by atoms with E-state index in [1.807, 2.05) is 6.08 Å². The number of allylic oxidation sites excluding steroid dienone is 1. The maximum absolute atomic E-state index is 13.5. The minimum absolute atomic E-state index is 0.182. The number of carbonyl (C=O) groups excluding carboxylic acids is 3. The van der Waals surface area contributed by atoms with Crippen LogP contribution in [0.4, 0.5) is 0 Å². The van der Waals surface area contributed by atoms with Crippen LogP contribution in [0.5, 0.6) is 0 Å². The number of hydrogen-bond acceptors (Lipinski definition) is 32. The molecule has 0 bridgehead atoms. The molecule has 109 heavy (non-hydrogen) atoms. The summed E-state index contributed by atoms with van der Waals surface area (Å²) in [5.74, 6) is -2.02. The van der Waals surface area contributed by atoms with Crippen molar-refractivity contribution in [3.8, 4) is 0 Å². The Morgan fingerprint density at radius 3 is 1.16 bits per heavy atom. The van der Waals surface area contributed by atoms with Crippen molar-refractivity contribution in [1.82, 2.24) is 16.0 Å². The highest BCUT2D eigenvalue weighted by atomic mass is 16.8. The average Bonchev–Trinajstić information content (AvgIpc) is 0.771. The second kappa shape index (κ2) is 49.8. The van der Waals surface area contributed by atoms with E-state index in [1.54, 1.807) is 6.08 Å². The number of amides is 3. The van der Waals surface area contributed by atoms with E-state index in [0.717, 1.165) is 65.2 Å². The van der Waals surface area contributed by atoms with E-state index in [1.165, 1.54) is 103 Å². The minimum atomic E-state index is -2.26. The highest BCUT2D eigenvalue weighted by Crippen LogP contribution is 2.38. The molecule has 0 aromatic rings. The van der Waals surface area contributed by atoms with Crippen molar-refractivity contribution in [3.63, 3.8) is 0 Å². The van der Waals surface area contributed by atoms with E-state index in [2.05, 4.69) is 29.8 Å². The van der Waals surface area contributed by atoms with Crippen molar-refractivity contribution < 1.29 is 158 Å². The molecule has 6 saturated heterocycles. The predicted octanol–water partition coefficient (Wildman–Crippen LogP) is -2.18. The van der Waals surface area contributed by atoms with Crippen molar-refractivity contribution in [2.24, 2.45) is 0 Å². The van der Waals surface area contributed by atoms with Crippen LogP contribution in [0.3, 0.4) is 0 Å². The largest absolute Gasteiger partial charge is 0.394 e. The first-order valence-electron chi connectivity index (χ1n) is 39.8. The van der Waals surface area contributed by atoms with Crippen LogP contribution in [-0.4, -0.2) is 340 Å². The smallest absolute Gasteiger partial charge is 0.220 e. The zero-order chi connectivity index (χ0) is 79.9. The molecule has 0 radical (unpaired) electrons. The van der Waals surface area contributed by atoms with Crippen molar-refractivity contribution in [3.05, 3.63) is 12.2 Å². The van der Waals surface area contributed by atoms with Gasteiger partial charge in [-0.05, 0) is 26.2 Å². The number of carbonyl (C=O) groups is 3. The molecule has 6 heterocycles. The lowest BCUT2D eigenvalue weighted by molar-refractivity contribution is -0.385. The number of aliphatic hydroxyl groups excluding tert-OH is 17. The number of unbranched alkanes of at least 4 members (excludes halogenated alkanes) is 23. The lowest BCUT2D eigenvalue weighted by atomic mass is 9.93. The molecule has 0 aromatic heterocycles. The molecule has 35 heteroatoms. The standard InChI is InChI=1S/C74H133N3O32/c1-6-8-10-12-14-16-18-20-22-24-26-28-30-32-44(85)43(77-50(86)33-31-29-27-25-23-21-19-17-15-13-11-9-7-2)39-98-71-61(95)58(92)65(48(37-81)103-71)106-73-62(96)59(93)64(49(38-82)104-73)105-69-51(75-41(4)83)67(55(89)45(34-78)100-69)108-74-63(97)68(56(90)47(36-80)102-74)109-70-52(76-42(5)84)66(54(88)46(35-79)101-70)107-72-60(94)57(91)53(87)40(3)99-72/h30,32,40,43-49,51-74,78-82,85,87-97H,6-29,31,33-39H2,1-5H3,(H,75,83)(H,76,84)(H,77,86)/b32-30+/t40?,43-,44+,45?,46?,47?,48?,49?,51?,52?,53+,54+,55-,56-,57?,58+,59+,60-,61?,62?,63?,64-,65+,66+,67+,68-,69-,70-,71+,72+,73-,74-/m0/s1. The second-order valence-electron chi connectivity index (χ2n) is 29.9. The fourth-order valence-corrected chi connectivity index (χ4v) is 14.7. The number of hydrogen-bond donors (Lipinski definition) is 20. The van der Waals surface area contributed by atoms with Crippen LogP contribution < -0.4 is 16.0 Å². The Bertz CT molecular complexity index is 2540. The van der Waals surface area contributed by atoms with Gasteiger partial charge in [-0.2, -0.15) is 0 Å². The minimum Gasteiger partial charge on any atom is -0.394 e. The average molecular weight is 1580 g/mol. The zero-order valence-corrected chi connectivity index (χ0v) is 64.0. The molecule has 6 fully saturated rings. The molecule has 0 aromatic carbocycles. The maximum atomic E-state index is 13.5. The molecule has 3 amide bonds. The Balaban J connectivity index is 1.11. The van der Waals surface area contributed by atoms with Crippen molar-refractivity contribution in [2.75, 3.05) is 39.6 Å². The monoisotopic (exact) mass is 1580 g/mol. The number of aliphatic hydroxyl groups is 17. The Morgan fingerprint density at radius 2 is 0.716 bits per heavy atom. The molecule has 0 aliphatic carbocycles. The van der Waals surface area contributed by atoms with Crippen molar-refractivity contribution in [1.29, 1.82) is 0 Å². The van der Waals surface area contributed by atoms with Gasteiger partial charge in [0.2, 0.25) is 17.7 Å². The number of nitrogens with one attached hydrogen (secondary N) is 3. The molecule has 636 valence electrons. The van der Waals surface area contributed by atoms with Crippen LogP contribution >= 0.6 is 0 Å². The first-order valence-corrected chi connectivity index (χ1v) is 39.8. The van der Waals surface area contributed by atoms with Gasteiger partial charge in [0.25, 0.3) is 0 Å². The highest BCUT2D eigenvalue weighted by Gasteiger charge is 2.59. The highest BCUT2D eigenvalue weighted by molar-refractivity contribution is 5.76. The summed E-state index contributed by atoms with van der Waals surface area (Å²) >= 11 is 0. The van der Waals surface area contributed by atoms with Gasteiger partial charge in [-0.3, -0.25) is 14.4 Å². The topological polar surface area (TPSA) is 542 Å². The van der Waals surface area contributed by atoms with E-state index in [-0.39, 0.29) is 12.3 Å². The molecule has 6 aliphatic rings. The van der Waals surface area contributed by atoms with Gasteiger partial charge in [-0.15, -0.1) is 0 Å². The summed E-state index contributed by atoms with van der Waals surface area (Å²) in [6.07, 6.45) is -22.0. The molecule has 20 N–H and O–H groups in total. The molecule has 0 spiro atoms. The van der Waals surface area contributed by atoms with E-state index in [0.29, 0.717) is 12.8 Å². The van der Waals surface area contributed by atoms with Gasteiger partial charge in [-0.1, -0.05) is 167 Å². The fourth-order valence-electron chi connectivity index (χ4n) is 14.7. The normalized spacial score (nSPS) is 37.9. The summed E-state index contributed by atoms with van der Waals surface area (Å²) in [6, 6.07) is -4.56. The third kappa shape index (κ3) is 28.4. The van der Waals surface area contributed by atoms with E-state index in [4.69, 9.17) is 56.8 Å². The molecule has 12 unspecified atom stereocenters. The zero-order valence-electron chi connectivity index (χ0n) is 64.0. The Kier molecular flexibility index (Phi) is 43.3. The molecule has 0 saturated carbocycles. The van der Waals surface area contributed by atoms with Crippen LogP contribution in [0.2, 0.25) is 0 Å². The van der Waals surface area contributed by atoms with Crippen LogP contribution in [0.1, 0.15) is 202 Å². The molecular formula is C74H133N3O32. The van der Waals surface area contributed by atoms with Gasteiger partial charge in [0.05, 0.1) is 57.9 Å². The van der Waals surface area contributed by atoms with E-state index < -0.39 is 248 Å².